The number of methoxy groups -OCH3 is 1. The van der Waals surface area contributed by atoms with Crippen LogP contribution < -0.4 is 4.74 Å². The Hall–Kier alpha value is -1.58. The maximum absolute atomic E-state index is 5.39. The normalized spacial score (nSPS) is 10.8. The van der Waals surface area contributed by atoms with Crippen molar-refractivity contribution in [2.75, 3.05) is 7.11 Å². The van der Waals surface area contributed by atoms with Crippen molar-refractivity contribution < 1.29 is 4.74 Å². The average molecular weight is 263 g/mol. The summed E-state index contributed by atoms with van der Waals surface area (Å²) in [5.74, 6) is 1.22. The Morgan fingerprint density at radius 2 is 1.79 bits per heavy atom. The third-order valence-electron chi connectivity index (χ3n) is 3.00. The summed E-state index contributed by atoms with van der Waals surface area (Å²) in [6, 6.07) is 0.378. The fourth-order valence-corrected chi connectivity index (χ4v) is 2.06. The van der Waals surface area contributed by atoms with Gasteiger partial charge in [-0.05, 0) is 19.8 Å². The van der Waals surface area contributed by atoms with Crippen LogP contribution in [0.4, 0.5) is 0 Å². The number of fused-ring (bicyclic) bond motifs is 1. The van der Waals surface area contributed by atoms with Crippen molar-refractivity contribution in [2.45, 2.75) is 53.5 Å². The number of ether oxygens (including phenoxy) is 1. The smallest absolute Gasteiger partial charge is 0.164 e. The first-order chi connectivity index (χ1) is 9.06. The minimum atomic E-state index is 0.378. The fraction of sp³-hybridized carbons (Fsp3) is 0.600. The van der Waals surface area contributed by atoms with Gasteiger partial charge in [0, 0.05) is 17.8 Å². The minimum absolute atomic E-state index is 0.378. The molecule has 0 aliphatic rings. The zero-order valence-corrected chi connectivity index (χ0v) is 13.1. The van der Waals surface area contributed by atoms with Crippen molar-refractivity contribution in [3.05, 3.63) is 18.0 Å². The van der Waals surface area contributed by atoms with Crippen molar-refractivity contribution in [3.63, 3.8) is 0 Å². The third-order valence-corrected chi connectivity index (χ3v) is 3.00. The summed E-state index contributed by atoms with van der Waals surface area (Å²) in [4.78, 5) is 0. The van der Waals surface area contributed by atoms with Gasteiger partial charge < -0.3 is 9.30 Å². The maximum Gasteiger partial charge on any atom is 0.164 e. The highest BCUT2D eigenvalue weighted by atomic mass is 16.5. The van der Waals surface area contributed by atoms with Crippen molar-refractivity contribution >= 4 is 11.0 Å². The lowest BCUT2D eigenvalue weighted by Crippen LogP contribution is -2.00. The second-order valence-electron chi connectivity index (χ2n) is 4.85. The molecule has 0 aliphatic carbocycles. The van der Waals surface area contributed by atoms with Crippen LogP contribution >= 0.6 is 0 Å². The molecule has 19 heavy (non-hydrogen) atoms. The largest absolute Gasteiger partial charge is 0.493 e. The summed E-state index contributed by atoms with van der Waals surface area (Å²) in [7, 11) is 1.67. The highest BCUT2D eigenvalue weighted by Gasteiger charge is 2.18. The van der Waals surface area contributed by atoms with E-state index in [-0.39, 0.29) is 0 Å². The van der Waals surface area contributed by atoms with E-state index in [0.717, 1.165) is 16.8 Å². The van der Waals surface area contributed by atoms with E-state index in [1.807, 2.05) is 13.8 Å². The molecule has 4 nitrogen and oxygen atoms in total. The second kappa shape index (κ2) is 6.55. The quantitative estimate of drug-likeness (QED) is 0.834. The molecule has 0 aromatic carbocycles. The molecule has 0 bridgehead atoms. The van der Waals surface area contributed by atoms with E-state index in [4.69, 9.17) is 4.74 Å². The Kier molecular flexibility index (Phi) is 5.33. The highest BCUT2D eigenvalue weighted by molar-refractivity contribution is 5.85. The molecule has 0 saturated heterocycles. The van der Waals surface area contributed by atoms with Crippen LogP contribution in [0.25, 0.3) is 11.0 Å². The van der Waals surface area contributed by atoms with E-state index in [2.05, 4.69) is 48.7 Å². The molecule has 0 N–H and O–H groups in total. The molecule has 0 unspecified atom stereocenters. The summed E-state index contributed by atoms with van der Waals surface area (Å²) >= 11 is 0. The number of hydrogen-bond acceptors (Lipinski definition) is 3. The Morgan fingerprint density at radius 1 is 1.16 bits per heavy atom. The van der Waals surface area contributed by atoms with Crippen molar-refractivity contribution in [1.29, 1.82) is 0 Å². The molecule has 2 aromatic rings. The first-order valence-electron chi connectivity index (χ1n) is 6.96. The highest BCUT2D eigenvalue weighted by Crippen LogP contribution is 2.32. The maximum atomic E-state index is 5.39. The summed E-state index contributed by atoms with van der Waals surface area (Å²) in [6.07, 6.45) is 3.84. The summed E-state index contributed by atoms with van der Waals surface area (Å²) < 4.78 is 7.59. The molecule has 0 radical (unpaired) electrons. The lowest BCUT2D eigenvalue weighted by atomic mass is 10.1. The molecule has 2 rings (SSSR count). The standard InChI is InChI=1S/C13H19N3O.C2H6/c1-8(2)10-7-16(9(3)4)13-11(17-5)6-14-15-12(10)13;1-2/h6-9H,1-5H3;1-2H3. The van der Waals surface area contributed by atoms with Gasteiger partial charge in [-0.1, -0.05) is 27.7 Å². The SMILES string of the molecule is CC.COc1cnnc2c(C(C)C)cn(C(C)C)c12. The van der Waals surface area contributed by atoms with Crippen molar-refractivity contribution in [1.82, 2.24) is 14.8 Å². The molecule has 4 heteroatoms. The van der Waals surface area contributed by atoms with Gasteiger partial charge in [-0.15, -0.1) is 5.10 Å². The molecule has 0 atom stereocenters. The predicted molar refractivity (Wildman–Crippen MR) is 79.9 cm³/mol. The molecular weight excluding hydrogens is 238 g/mol. The van der Waals surface area contributed by atoms with Crippen LogP contribution in [0.3, 0.4) is 0 Å². The molecule has 0 aliphatic heterocycles. The molecule has 2 heterocycles. The topological polar surface area (TPSA) is 39.9 Å². The van der Waals surface area contributed by atoms with Gasteiger partial charge in [0.2, 0.25) is 0 Å². The van der Waals surface area contributed by atoms with Crippen LogP contribution in [0, 0.1) is 0 Å². The van der Waals surface area contributed by atoms with E-state index < -0.39 is 0 Å². The Balaban J connectivity index is 0.000000861. The third kappa shape index (κ3) is 2.88. The first-order valence-corrected chi connectivity index (χ1v) is 6.96. The van der Waals surface area contributed by atoms with Crippen molar-refractivity contribution in [2.24, 2.45) is 0 Å². The van der Waals surface area contributed by atoms with Gasteiger partial charge in [0.15, 0.2) is 5.75 Å². The molecule has 0 saturated carbocycles. The minimum Gasteiger partial charge on any atom is -0.493 e. The molecule has 2 aromatic heterocycles. The van der Waals surface area contributed by atoms with E-state index in [1.54, 1.807) is 13.3 Å². The monoisotopic (exact) mass is 263 g/mol. The lowest BCUT2D eigenvalue weighted by molar-refractivity contribution is 0.413. The second-order valence-corrected chi connectivity index (χ2v) is 4.85. The Bertz CT molecular complexity index is 529. The molecule has 0 fully saturated rings. The van der Waals surface area contributed by atoms with Gasteiger partial charge in [-0.25, -0.2) is 0 Å². The van der Waals surface area contributed by atoms with E-state index >= 15 is 0 Å². The number of rotatable bonds is 3. The van der Waals surface area contributed by atoms with E-state index in [0.29, 0.717) is 12.0 Å². The zero-order chi connectivity index (χ0) is 14.6. The summed E-state index contributed by atoms with van der Waals surface area (Å²) in [6.45, 7) is 12.6. The van der Waals surface area contributed by atoms with Crippen LogP contribution in [0.1, 0.15) is 59.1 Å². The first kappa shape index (κ1) is 15.5. The van der Waals surface area contributed by atoms with Gasteiger partial charge in [0.1, 0.15) is 11.0 Å². The van der Waals surface area contributed by atoms with Crippen LogP contribution in [-0.2, 0) is 0 Å². The van der Waals surface area contributed by atoms with Gasteiger partial charge >= 0.3 is 0 Å². The van der Waals surface area contributed by atoms with E-state index in [1.165, 1.54) is 5.56 Å². The van der Waals surface area contributed by atoms with Crippen LogP contribution in [0.15, 0.2) is 12.4 Å². The van der Waals surface area contributed by atoms with Gasteiger partial charge in [-0.3, -0.25) is 0 Å². The number of hydrogen-bond donors (Lipinski definition) is 0. The lowest BCUT2D eigenvalue weighted by Gasteiger charge is -2.10. The Labute approximate surface area is 115 Å². The molecule has 0 amide bonds. The predicted octanol–water partition coefficient (Wildman–Crippen LogP) is 4.17. The fourth-order valence-electron chi connectivity index (χ4n) is 2.06. The zero-order valence-electron chi connectivity index (χ0n) is 13.1. The van der Waals surface area contributed by atoms with Gasteiger partial charge in [-0.2, -0.15) is 5.10 Å². The van der Waals surface area contributed by atoms with Gasteiger partial charge in [0.05, 0.1) is 13.3 Å². The van der Waals surface area contributed by atoms with Crippen LogP contribution in [0.5, 0.6) is 5.75 Å². The molecule has 0 spiro atoms. The number of nitrogens with zero attached hydrogens (tertiary/aromatic N) is 3. The Morgan fingerprint density at radius 3 is 2.26 bits per heavy atom. The molecular formula is C15H25N3O. The van der Waals surface area contributed by atoms with Gasteiger partial charge in [0.25, 0.3) is 0 Å². The molecule has 106 valence electrons. The van der Waals surface area contributed by atoms with Crippen LogP contribution in [0.2, 0.25) is 0 Å². The summed E-state index contributed by atoms with van der Waals surface area (Å²) in [5.41, 5.74) is 3.22. The number of aromatic nitrogens is 3. The average Bonchev–Trinajstić information content (AvgIpc) is 2.80. The van der Waals surface area contributed by atoms with E-state index in [9.17, 15) is 0 Å². The summed E-state index contributed by atoms with van der Waals surface area (Å²) in [5, 5.41) is 8.27. The van der Waals surface area contributed by atoms with Crippen molar-refractivity contribution in [3.8, 4) is 5.75 Å². The van der Waals surface area contributed by atoms with Crippen LogP contribution in [-0.4, -0.2) is 21.9 Å².